The predicted octanol–water partition coefficient (Wildman–Crippen LogP) is 5.14. The molecule has 0 aliphatic carbocycles. The third-order valence-electron chi connectivity index (χ3n) is 3.51. The lowest BCUT2D eigenvalue weighted by molar-refractivity contribution is 0.0616. The molecule has 1 heterocycles. The van der Waals surface area contributed by atoms with Gasteiger partial charge < -0.3 is 5.11 Å². The van der Waals surface area contributed by atoms with Crippen molar-refractivity contribution in [2.75, 3.05) is 0 Å². The van der Waals surface area contributed by atoms with Crippen LogP contribution in [0.15, 0.2) is 48.5 Å². The molecule has 0 aliphatic rings. The zero-order valence-electron chi connectivity index (χ0n) is 11.4. The highest BCUT2D eigenvalue weighted by molar-refractivity contribution is 7.19. The number of thiophene rings is 1. The molecule has 0 saturated heterocycles. The van der Waals surface area contributed by atoms with Gasteiger partial charge in [0, 0.05) is 21.0 Å². The summed E-state index contributed by atoms with van der Waals surface area (Å²) in [6.45, 7) is 1.76. The molecule has 1 unspecified atom stereocenters. The summed E-state index contributed by atoms with van der Waals surface area (Å²) < 4.78 is 14.2. The Hall–Kier alpha value is -1.42. The second-order valence-electron chi connectivity index (χ2n) is 5.33. The van der Waals surface area contributed by atoms with Crippen LogP contribution in [0.5, 0.6) is 0 Å². The van der Waals surface area contributed by atoms with Crippen LogP contribution in [0.4, 0.5) is 4.39 Å². The fraction of sp³-hybridized carbons (Fsp3) is 0.176. The van der Waals surface area contributed by atoms with Gasteiger partial charge in [0.2, 0.25) is 0 Å². The molecule has 0 radical (unpaired) electrons. The molecule has 0 spiro atoms. The van der Waals surface area contributed by atoms with Gasteiger partial charge in [-0.05, 0) is 42.1 Å². The fourth-order valence-corrected chi connectivity index (χ4v) is 3.71. The Labute approximate surface area is 131 Å². The van der Waals surface area contributed by atoms with E-state index in [-0.39, 0.29) is 5.82 Å². The fourth-order valence-electron chi connectivity index (χ4n) is 2.37. The molecular formula is C17H14ClFOS. The van der Waals surface area contributed by atoms with Gasteiger partial charge in [0.25, 0.3) is 0 Å². The van der Waals surface area contributed by atoms with Crippen molar-refractivity contribution >= 4 is 33.0 Å². The Morgan fingerprint density at radius 2 is 1.95 bits per heavy atom. The van der Waals surface area contributed by atoms with Crippen LogP contribution in [0.2, 0.25) is 5.02 Å². The van der Waals surface area contributed by atoms with Gasteiger partial charge in [-0.1, -0.05) is 35.9 Å². The van der Waals surface area contributed by atoms with Crippen LogP contribution in [0, 0.1) is 5.82 Å². The Morgan fingerprint density at radius 3 is 2.67 bits per heavy atom. The van der Waals surface area contributed by atoms with Crippen molar-refractivity contribution in [2.45, 2.75) is 18.9 Å². The molecule has 1 atom stereocenters. The third-order valence-corrected chi connectivity index (χ3v) is 5.23. The Bertz CT molecular complexity index is 761. The van der Waals surface area contributed by atoms with Crippen LogP contribution < -0.4 is 0 Å². The number of hydrogen-bond acceptors (Lipinski definition) is 2. The minimum absolute atomic E-state index is 0.344. The SMILES string of the molecule is CC(O)(Cc1ccc(F)cc1Cl)c1cc2ccccc2s1. The smallest absolute Gasteiger partial charge is 0.124 e. The van der Waals surface area contributed by atoms with Crippen molar-refractivity contribution in [3.63, 3.8) is 0 Å². The van der Waals surface area contributed by atoms with E-state index < -0.39 is 5.60 Å². The van der Waals surface area contributed by atoms with Crippen LogP contribution in [-0.4, -0.2) is 5.11 Å². The van der Waals surface area contributed by atoms with E-state index in [9.17, 15) is 9.50 Å². The molecule has 21 heavy (non-hydrogen) atoms. The van der Waals surface area contributed by atoms with Gasteiger partial charge in [0.1, 0.15) is 11.4 Å². The van der Waals surface area contributed by atoms with Gasteiger partial charge in [-0.15, -0.1) is 11.3 Å². The molecular weight excluding hydrogens is 307 g/mol. The maximum atomic E-state index is 13.1. The molecule has 0 saturated carbocycles. The van der Waals surface area contributed by atoms with Gasteiger partial charge in [0.15, 0.2) is 0 Å². The van der Waals surface area contributed by atoms with Crippen LogP contribution in [0.1, 0.15) is 17.4 Å². The summed E-state index contributed by atoms with van der Waals surface area (Å²) in [6, 6.07) is 14.3. The number of hydrogen-bond donors (Lipinski definition) is 1. The van der Waals surface area contributed by atoms with Crippen molar-refractivity contribution in [3.8, 4) is 0 Å². The molecule has 1 aromatic heterocycles. The molecule has 4 heteroatoms. The summed E-state index contributed by atoms with van der Waals surface area (Å²) in [5.74, 6) is -0.370. The van der Waals surface area contributed by atoms with E-state index in [4.69, 9.17) is 11.6 Å². The monoisotopic (exact) mass is 320 g/mol. The molecule has 1 nitrogen and oxygen atoms in total. The number of benzene rings is 2. The Kier molecular flexibility index (Phi) is 3.74. The molecule has 108 valence electrons. The van der Waals surface area contributed by atoms with Crippen molar-refractivity contribution in [2.24, 2.45) is 0 Å². The van der Waals surface area contributed by atoms with Gasteiger partial charge in [-0.25, -0.2) is 4.39 Å². The largest absolute Gasteiger partial charge is 0.384 e. The number of aliphatic hydroxyl groups is 1. The molecule has 2 aromatic carbocycles. The van der Waals surface area contributed by atoms with Crippen LogP contribution >= 0.6 is 22.9 Å². The lowest BCUT2D eigenvalue weighted by Gasteiger charge is -2.22. The van der Waals surface area contributed by atoms with E-state index >= 15 is 0 Å². The normalized spacial score (nSPS) is 14.3. The van der Waals surface area contributed by atoms with Gasteiger partial charge in [-0.3, -0.25) is 0 Å². The molecule has 0 fully saturated rings. The summed E-state index contributed by atoms with van der Waals surface area (Å²) in [7, 11) is 0. The van der Waals surface area contributed by atoms with E-state index in [0.29, 0.717) is 11.4 Å². The summed E-state index contributed by atoms with van der Waals surface area (Å²) in [5.41, 5.74) is -0.300. The van der Waals surface area contributed by atoms with E-state index in [1.165, 1.54) is 12.1 Å². The summed E-state index contributed by atoms with van der Waals surface area (Å²) >= 11 is 7.62. The minimum Gasteiger partial charge on any atom is -0.384 e. The number of rotatable bonds is 3. The van der Waals surface area contributed by atoms with E-state index in [1.807, 2.05) is 30.3 Å². The third kappa shape index (κ3) is 2.95. The molecule has 0 amide bonds. The maximum absolute atomic E-state index is 13.1. The summed E-state index contributed by atoms with van der Waals surface area (Å²) in [5, 5.41) is 12.2. The number of halogens is 2. The zero-order valence-corrected chi connectivity index (χ0v) is 13.0. The van der Waals surface area contributed by atoms with Crippen molar-refractivity contribution < 1.29 is 9.50 Å². The molecule has 3 rings (SSSR count). The van der Waals surface area contributed by atoms with Crippen LogP contribution in [0.25, 0.3) is 10.1 Å². The molecule has 3 aromatic rings. The maximum Gasteiger partial charge on any atom is 0.124 e. The van der Waals surface area contributed by atoms with Gasteiger partial charge >= 0.3 is 0 Å². The topological polar surface area (TPSA) is 20.2 Å². The average Bonchev–Trinajstić information content (AvgIpc) is 2.87. The highest BCUT2D eigenvalue weighted by atomic mass is 35.5. The quantitative estimate of drug-likeness (QED) is 0.708. The molecule has 0 bridgehead atoms. The van der Waals surface area contributed by atoms with E-state index in [1.54, 1.807) is 24.3 Å². The average molecular weight is 321 g/mol. The number of fused-ring (bicyclic) bond motifs is 1. The Morgan fingerprint density at radius 1 is 1.19 bits per heavy atom. The Balaban J connectivity index is 1.95. The first-order valence-electron chi connectivity index (χ1n) is 6.61. The van der Waals surface area contributed by atoms with E-state index in [2.05, 4.69) is 0 Å². The van der Waals surface area contributed by atoms with Gasteiger partial charge in [-0.2, -0.15) is 0 Å². The van der Waals surface area contributed by atoms with E-state index in [0.717, 1.165) is 20.5 Å². The standard InChI is InChI=1S/C17H14ClFOS/c1-17(20,10-12-6-7-13(19)9-14(12)18)16-8-11-4-2-3-5-15(11)21-16/h2-9,20H,10H2,1H3. The van der Waals surface area contributed by atoms with Crippen LogP contribution in [0.3, 0.4) is 0 Å². The highest BCUT2D eigenvalue weighted by Crippen LogP contribution is 2.36. The molecule has 1 N–H and O–H groups in total. The summed E-state index contributed by atoms with van der Waals surface area (Å²) in [4.78, 5) is 0.879. The minimum atomic E-state index is -1.04. The molecule has 0 aliphatic heterocycles. The van der Waals surface area contributed by atoms with Crippen molar-refractivity contribution in [3.05, 3.63) is 69.8 Å². The zero-order chi connectivity index (χ0) is 15.0. The second-order valence-corrected chi connectivity index (χ2v) is 6.83. The van der Waals surface area contributed by atoms with Gasteiger partial charge in [0.05, 0.1) is 0 Å². The summed E-state index contributed by atoms with van der Waals surface area (Å²) in [6.07, 6.45) is 0.346. The first-order valence-corrected chi connectivity index (χ1v) is 7.80. The van der Waals surface area contributed by atoms with Crippen molar-refractivity contribution in [1.82, 2.24) is 0 Å². The second kappa shape index (κ2) is 5.41. The van der Waals surface area contributed by atoms with Crippen molar-refractivity contribution in [1.29, 1.82) is 0 Å². The first-order chi connectivity index (χ1) is 9.95. The first kappa shape index (κ1) is 14.5. The predicted molar refractivity (Wildman–Crippen MR) is 86.5 cm³/mol. The lowest BCUT2D eigenvalue weighted by Crippen LogP contribution is -2.23. The lowest BCUT2D eigenvalue weighted by atomic mass is 9.94. The highest BCUT2D eigenvalue weighted by Gasteiger charge is 2.27. The van der Waals surface area contributed by atoms with Crippen LogP contribution in [-0.2, 0) is 12.0 Å².